The van der Waals surface area contributed by atoms with Gasteiger partial charge in [-0.2, -0.15) is 0 Å². The van der Waals surface area contributed by atoms with Gasteiger partial charge in [0, 0.05) is 21.0 Å². The summed E-state index contributed by atoms with van der Waals surface area (Å²) < 4.78 is 5.68. The van der Waals surface area contributed by atoms with Crippen LogP contribution >= 0.6 is 11.3 Å². The van der Waals surface area contributed by atoms with E-state index in [0.717, 1.165) is 16.3 Å². The first kappa shape index (κ1) is 10.7. The number of benzene rings is 1. The Labute approximate surface area is 96.6 Å². The summed E-state index contributed by atoms with van der Waals surface area (Å²) in [5.41, 5.74) is 0.884. The Morgan fingerprint density at radius 2 is 2.19 bits per heavy atom. The molecule has 0 bridgehead atoms. The minimum atomic E-state index is -0.536. The molecule has 0 saturated carbocycles. The fourth-order valence-corrected chi connectivity index (χ4v) is 2.49. The van der Waals surface area contributed by atoms with Gasteiger partial charge in [0.1, 0.15) is 5.57 Å². The second-order valence-electron chi connectivity index (χ2n) is 3.18. The van der Waals surface area contributed by atoms with Gasteiger partial charge in [-0.05, 0) is 6.07 Å². The summed E-state index contributed by atoms with van der Waals surface area (Å²) in [5.74, 6) is -0.536. The fraction of sp³-hybridized carbons (Fsp3) is 0.0833. The Morgan fingerprint density at radius 1 is 1.44 bits per heavy atom. The molecule has 1 heterocycles. The molecule has 4 heteroatoms. The van der Waals surface area contributed by atoms with Crippen molar-refractivity contribution in [3.8, 4) is 0 Å². The quantitative estimate of drug-likeness (QED) is 0.493. The number of thiophene rings is 1. The maximum Gasteiger partial charge on any atom is 0.341 e. The number of ether oxygens (including phenoxy) is 1. The molecule has 0 fully saturated rings. The number of fused-ring (bicyclic) bond motifs is 1. The molecule has 0 amide bonds. The number of carbonyl (C=O) groups excluding carboxylic acids is 1. The van der Waals surface area contributed by atoms with E-state index < -0.39 is 5.97 Å². The van der Waals surface area contributed by atoms with Crippen molar-refractivity contribution >= 4 is 33.0 Å². The Hall–Kier alpha value is -1.81. The normalized spacial score (nSPS) is 11.7. The summed E-state index contributed by atoms with van der Waals surface area (Å²) in [6, 6.07) is 7.71. The summed E-state index contributed by atoms with van der Waals surface area (Å²) in [4.78, 5) is 11.4. The van der Waals surface area contributed by atoms with Crippen LogP contribution in [0.15, 0.2) is 35.9 Å². The first-order valence-corrected chi connectivity index (χ1v) is 5.55. The minimum Gasteiger partial charge on any atom is -0.515 e. The van der Waals surface area contributed by atoms with Crippen molar-refractivity contribution < 1.29 is 14.6 Å². The minimum absolute atomic E-state index is 0.181. The molecular weight excluding hydrogens is 224 g/mol. The lowest BCUT2D eigenvalue weighted by molar-refractivity contribution is -0.133. The number of hydrogen-bond donors (Lipinski definition) is 1. The summed E-state index contributed by atoms with van der Waals surface area (Å²) in [6.45, 7) is 0. The molecule has 2 rings (SSSR count). The number of methoxy groups -OCH3 is 1. The first-order valence-electron chi connectivity index (χ1n) is 4.67. The average molecular weight is 234 g/mol. The molecule has 0 aliphatic rings. The van der Waals surface area contributed by atoms with Gasteiger partial charge < -0.3 is 9.84 Å². The van der Waals surface area contributed by atoms with E-state index in [1.54, 1.807) is 0 Å². The van der Waals surface area contributed by atoms with Crippen molar-refractivity contribution in [2.75, 3.05) is 7.11 Å². The van der Waals surface area contributed by atoms with E-state index in [1.807, 2.05) is 29.6 Å². The van der Waals surface area contributed by atoms with Crippen LogP contribution in [-0.2, 0) is 9.53 Å². The van der Waals surface area contributed by atoms with Gasteiger partial charge in [0.2, 0.25) is 0 Å². The lowest BCUT2D eigenvalue weighted by Gasteiger charge is -2.02. The van der Waals surface area contributed by atoms with E-state index in [4.69, 9.17) is 5.11 Å². The zero-order chi connectivity index (χ0) is 11.5. The molecule has 1 aromatic heterocycles. The monoisotopic (exact) mass is 234 g/mol. The zero-order valence-electron chi connectivity index (χ0n) is 8.64. The number of hydrogen-bond acceptors (Lipinski definition) is 4. The summed E-state index contributed by atoms with van der Waals surface area (Å²) in [7, 11) is 1.29. The lowest BCUT2D eigenvalue weighted by Crippen LogP contribution is -2.03. The van der Waals surface area contributed by atoms with Crippen LogP contribution in [0.2, 0.25) is 0 Å². The summed E-state index contributed by atoms with van der Waals surface area (Å²) >= 11 is 1.53. The predicted molar refractivity (Wildman–Crippen MR) is 64.4 cm³/mol. The van der Waals surface area contributed by atoms with Gasteiger partial charge in [0.15, 0.2) is 0 Å². The fourth-order valence-electron chi connectivity index (χ4n) is 1.53. The second-order valence-corrected chi connectivity index (χ2v) is 4.09. The van der Waals surface area contributed by atoms with E-state index in [0.29, 0.717) is 5.56 Å². The Balaban J connectivity index is 2.59. The molecule has 0 atom stereocenters. The highest BCUT2D eigenvalue weighted by Crippen LogP contribution is 2.31. The molecular formula is C12H10O3S. The molecule has 2 aromatic rings. The third-order valence-corrected chi connectivity index (χ3v) is 3.27. The van der Waals surface area contributed by atoms with Crippen LogP contribution < -0.4 is 0 Å². The van der Waals surface area contributed by atoms with Gasteiger partial charge in [-0.3, -0.25) is 0 Å². The molecule has 0 radical (unpaired) electrons. The van der Waals surface area contributed by atoms with Gasteiger partial charge in [-0.15, -0.1) is 11.3 Å². The summed E-state index contributed by atoms with van der Waals surface area (Å²) in [6.07, 6.45) is 0.792. The lowest BCUT2D eigenvalue weighted by atomic mass is 10.1. The van der Waals surface area contributed by atoms with E-state index >= 15 is 0 Å². The first-order chi connectivity index (χ1) is 7.77. The molecule has 82 valence electrons. The van der Waals surface area contributed by atoms with Crippen LogP contribution in [0.4, 0.5) is 0 Å². The van der Waals surface area contributed by atoms with Crippen molar-refractivity contribution in [3.05, 3.63) is 41.5 Å². The van der Waals surface area contributed by atoms with Crippen molar-refractivity contribution in [2.24, 2.45) is 0 Å². The van der Waals surface area contributed by atoms with Crippen molar-refractivity contribution in [1.29, 1.82) is 0 Å². The van der Waals surface area contributed by atoms with E-state index in [-0.39, 0.29) is 5.57 Å². The van der Waals surface area contributed by atoms with Gasteiger partial charge >= 0.3 is 5.97 Å². The largest absolute Gasteiger partial charge is 0.515 e. The van der Waals surface area contributed by atoms with Gasteiger partial charge in [-0.25, -0.2) is 4.79 Å². The number of esters is 1. The van der Waals surface area contributed by atoms with Crippen LogP contribution in [0, 0.1) is 0 Å². The van der Waals surface area contributed by atoms with Gasteiger partial charge in [0.05, 0.1) is 13.4 Å². The number of aliphatic hydroxyl groups excluding tert-OH is 1. The Kier molecular flexibility index (Phi) is 2.92. The third-order valence-electron chi connectivity index (χ3n) is 2.31. The van der Waals surface area contributed by atoms with Crippen LogP contribution in [0.1, 0.15) is 5.56 Å². The van der Waals surface area contributed by atoms with Crippen molar-refractivity contribution in [2.45, 2.75) is 0 Å². The molecule has 0 spiro atoms. The molecule has 0 unspecified atom stereocenters. The molecule has 0 aliphatic heterocycles. The zero-order valence-corrected chi connectivity index (χ0v) is 9.45. The molecule has 1 N–H and O–H groups in total. The van der Waals surface area contributed by atoms with Gasteiger partial charge in [0.25, 0.3) is 0 Å². The third kappa shape index (κ3) is 1.67. The molecule has 16 heavy (non-hydrogen) atoms. The number of aliphatic hydroxyl groups is 1. The van der Waals surface area contributed by atoms with E-state index in [1.165, 1.54) is 18.4 Å². The maximum atomic E-state index is 11.4. The van der Waals surface area contributed by atoms with Crippen molar-refractivity contribution in [3.63, 3.8) is 0 Å². The van der Waals surface area contributed by atoms with E-state index in [2.05, 4.69) is 4.74 Å². The molecule has 1 aromatic carbocycles. The SMILES string of the molecule is COC(=O)C(=CO)c1csc2ccccc12. The van der Waals surface area contributed by atoms with Gasteiger partial charge in [-0.1, -0.05) is 18.2 Å². The topological polar surface area (TPSA) is 46.5 Å². The highest BCUT2D eigenvalue weighted by atomic mass is 32.1. The predicted octanol–water partition coefficient (Wildman–Crippen LogP) is 2.97. The average Bonchev–Trinajstić information content (AvgIpc) is 2.74. The number of carbonyl (C=O) groups is 1. The highest BCUT2D eigenvalue weighted by Gasteiger charge is 2.16. The van der Waals surface area contributed by atoms with Crippen LogP contribution in [-0.4, -0.2) is 18.2 Å². The molecule has 3 nitrogen and oxygen atoms in total. The Bertz CT molecular complexity index is 554. The maximum absolute atomic E-state index is 11.4. The Morgan fingerprint density at radius 3 is 2.88 bits per heavy atom. The summed E-state index contributed by atoms with van der Waals surface area (Å²) in [5, 5.41) is 11.9. The smallest absolute Gasteiger partial charge is 0.341 e. The highest BCUT2D eigenvalue weighted by molar-refractivity contribution is 7.17. The second kappa shape index (κ2) is 4.37. The molecule has 0 saturated heterocycles. The van der Waals surface area contributed by atoms with Crippen LogP contribution in [0.3, 0.4) is 0 Å². The van der Waals surface area contributed by atoms with Crippen LogP contribution in [0.5, 0.6) is 0 Å². The molecule has 0 aliphatic carbocycles. The standard InChI is InChI=1S/C12H10O3S/c1-15-12(14)9(6-13)10-7-16-11-5-3-2-4-8(10)11/h2-7,13H,1H3. The van der Waals surface area contributed by atoms with E-state index in [9.17, 15) is 4.79 Å². The van der Waals surface area contributed by atoms with Crippen LogP contribution in [0.25, 0.3) is 15.7 Å². The van der Waals surface area contributed by atoms with Crippen molar-refractivity contribution in [1.82, 2.24) is 0 Å². The number of rotatable bonds is 2.